The first-order valence-electron chi connectivity index (χ1n) is 9.87. The highest BCUT2D eigenvalue weighted by Crippen LogP contribution is 2.13. The maximum absolute atomic E-state index is 12.3. The standard InChI is InChI=1S/C24H22N4O2/c29-22(13-7-8-17-14-15-20-21(16-17)26-24(30)25-20)27-28-23(18-9-3-1-4-10-18)19-11-5-2-6-12-19/h1-6,9-12,14-16H,7-8,13H2,(H,27,29)(H2,25,26,30). The van der Waals surface area contributed by atoms with Crippen molar-refractivity contribution in [1.29, 1.82) is 0 Å². The number of imidazole rings is 1. The van der Waals surface area contributed by atoms with E-state index in [4.69, 9.17) is 0 Å². The minimum Gasteiger partial charge on any atom is -0.306 e. The van der Waals surface area contributed by atoms with Crippen molar-refractivity contribution >= 4 is 22.7 Å². The van der Waals surface area contributed by atoms with E-state index >= 15 is 0 Å². The summed E-state index contributed by atoms with van der Waals surface area (Å²) in [4.78, 5) is 29.2. The van der Waals surface area contributed by atoms with Gasteiger partial charge in [0, 0.05) is 17.5 Å². The summed E-state index contributed by atoms with van der Waals surface area (Å²) in [6.45, 7) is 0. The highest BCUT2D eigenvalue weighted by Gasteiger charge is 2.08. The Labute approximate surface area is 173 Å². The minimum absolute atomic E-state index is 0.129. The van der Waals surface area contributed by atoms with Gasteiger partial charge < -0.3 is 9.97 Å². The molecule has 0 unspecified atom stereocenters. The van der Waals surface area contributed by atoms with Gasteiger partial charge in [0.2, 0.25) is 5.91 Å². The van der Waals surface area contributed by atoms with E-state index in [0.717, 1.165) is 39.9 Å². The molecule has 6 heteroatoms. The Balaban J connectivity index is 1.39. The second kappa shape index (κ2) is 9.05. The Morgan fingerprint density at radius 1 is 0.833 bits per heavy atom. The van der Waals surface area contributed by atoms with Crippen LogP contribution < -0.4 is 11.1 Å². The molecule has 0 saturated heterocycles. The summed E-state index contributed by atoms with van der Waals surface area (Å²) in [6, 6.07) is 25.4. The number of benzene rings is 3. The molecule has 150 valence electrons. The summed E-state index contributed by atoms with van der Waals surface area (Å²) in [5, 5.41) is 4.41. The average Bonchev–Trinajstić information content (AvgIpc) is 3.15. The van der Waals surface area contributed by atoms with Crippen LogP contribution in [0.4, 0.5) is 0 Å². The lowest BCUT2D eigenvalue weighted by molar-refractivity contribution is -0.121. The zero-order chi connectivity index (χ0) is 20.8. The van der Waals surface area contributed by atoms with Gasteiger partial charge in [-0.2, -0.15) is 5.10 Å². The summed E-state index contributed by atoms with van der Waals surface area (Å²) < 4.78 is 0. The molecule has 0 saturated carbocycles. The van der Waals surface area contributed by atoms with Gasteiger partial charge in [0.1, 0.15) is 0 Å². The molecule has 0 aliphatic rings. The minimum atomic E-state index is -0.216. The van der Waals surface area contributed by atoms with E-state index in [1.165, 1.54) is 0 Å². The number of hydrogen-bond donors (Lipinski definition) is 3. The van der Waals surface area contributed by atoms with Gasteiger partial charge in [-0.25, -0.2) is 10.2 Å². The van der Waals surface area contributed by atoms with Gasteiger partial charge >= 0.3 is 5.69 Å². The van der Waals surface area contributed by atoms with Gasteiger partial charge in [-0.15, -0.1) is 0 Å². The number of carbonyl (C=O) groups is 1. The molecule has 4 aromatic rings. The van der Waals surface area contributed by atoms with E-state index in [1.54, 1.807) is 0 Å². The molecule has 1 amide bonds. The van der Waals surface area contributed by atoms with E-state index in [9.17, 15) is 9.59 Å². The smallest absolute Gasteiger partial charge is 0.306 e. The van der Waals surface area contributed by atoms with E-state index in [1.807, 2.05) is 78.9 Å². The predicted molar refractivity (Wildman–Crippen MR) is 119 cm³/mol. The third kappa shape index (κ3) is 4.72. The fourth-order valence-corrected chi connectivity index (χ4v) is 3.35. The molecule has 1 aromatic heterocycles. The van der Waals surface area contributed by atoms with Crippen molar-refractivity contribution in [3.63, 3.8) is 0 Å². The van der Waals surface area contributed by atoms with Crippen molar-refractivity contribution in [2.75, 3.05) is 0 Å². The molecule has 1 heterocycles. The van der Waals surface area contributed by atoms with Crippen LogP contribution in [0.5, 0.6) is 0 Å². The van der Waals surface area contributed by atoms with Crippen molar-refractivity contribution in [2.24, 2.45) is 5.10 Å². The zero-order valence-electron chi connectivity index (χ0n) is 16.4. The van der Waals surface area contributed by atoms with Crippen LogP contribution in [-0.2, 0) is 11.2 Å². The zero-order valence-corrected chi connectivity index (χ0v) is 16.4. The molecule has 0 aliphatic heterocycles. The fourth-order valence-electron chi connectivity index (χ4n) is 3.35. The number of amides is 1. The third-order valence-corrected chi connectivity index (χ3v) is 4.84. The normalized spacial score (nSPS) is 10.7. The van der Waals surface area contributed by atoms with E-state index in [2.05, 4.69) is 20.5 Å². The number of H-pyrrole nitrogens is 2. The molecule has 0 fully saturated rings. The van der Waals surface area contributed by atoms with Gasteiger partial charge in [0.15, 0.2) is 0 Å². The number of nitrogens with zero attached hydrogens (tertiary/aromatic N) is 1. The van der Waals surface area contributed by atoms with Crippen molar-refractivity contribution in [3.8, 4) is 0 Å². The molecule has 0 spiro atoms. The van der Waals surface area contributed by atoms with E-state index in [-0.39, 0.29) is 11.6 Å². The summed E-state index contributed by atoms with van der Waals surface area (Å²) in [5.41, 5.74) is 7.73. The number of aromatic nitrogens is 2. The van der Waals surface area contributed by atoms with Crippen LogP contribution in [0.15, 0.2) is 88.8 Å². The third-order valence-electron chi connectivity index (χ3n) is 4.84. The summed E-state index contributed by atoms with van der Waals surface area (Å²) >= 11 is 0. The lowest BCUT2D eigenvalue weighted by Gasteiger charge is -2.08. The van der Waals surface area contributed by atoms with Crippen LogP contribution >= 0.6 is 0 Å². The maximum Gasteiger partial charge on any atom is 0.323 e. The van der Waals surface area contributed by atoms with Crippen LogP contribution in [0, 0.1) is 0 Å². The molecule has 3 N–H and O–H groups in total. The van der Waals surface area contributed by atoms with Gasteiger partial charge in [-0.05, 0) is 30.5 Å². The second-order valence-electron chi connectivity index (χ2n) is 7.04. The van der Waals surface area contributed by atoms with Crippen molar-refractivity contribution in [2.45, 2.75) is 19.3 Å². The first-order valence-corrected chi connectivity index (χ1v) is 9.87. The Bertz CT molecular complexity index is 1180. The SMILES string of the molecule is O=C(CCCc1ccc2[nH]c(=O)[nH]c2c1)NN=C(c1ccccc1)c1ccccc1. The topological polar surface area (TPSA) is 90.1 Å². The number of aryl methyl sites for hydroxylation is 1. The number of rotatable bonds is 7. The van der Waals surface area contributed by atoms with Gasteiger partial charge in [-0.1, -0.05) is 66.7 Å². The van der Waals surface area contributed by atoms with Gasteiger partial charge in [0.05, 0.1) is 16.7 Å². The number of nitrogens with one attached hydrogen (secondary N) is 3. The lowest BCUT2D eigenvalue weighted by atomic mass is 10.0. The molecular formula is C24H22N4O2. The number of carbonyl (C=O) groups excluding carboxylic acids is 1. The largest absolute Gasteiger partial charge is 0.323 e. The van der Waals surface area contributed by atoms with Crippen LogP contribution in [-0.4, -0.2) is 21.6 Å². The van der Waals surface area contributed by atoms with Crippen LogP contribution in [0.1, 0.15) is 29.5 Å². The number of aromatic amines is 2. The van der Waals surface area contributed by atoms with Crippen LogP contribution in [0.25, 0.3) is 11.0 Å². The molecule has 4 rings (SSSR count). The molecule has 3 aromatic carbocycles. The predicted octanol–water partition coefficient (Wildman–Crippen LogP) is 3.75. The molecule has 30 heavy (non-hydrogen) atoms. The molecule has 0 bridgehead atoms. The molecular weight excluding hydrogens is 376 g/mol. The molecule has 0 aliphatic carbocycles. The number of hydrogen-bond acceptors (Lipinski definition) is 3. The first kappa shape index (κ1) is 19.4. The van der Waals surface area contributed by atoms with Gasteiger partial charge in [-0.3, -0.25) is 4.79 Å². The van der Waals surface area contributed by atoms with Gasteiger partial charge in [0.25, 0.3) is 0 Å². The second-order valence-corrected chi connectivity index (χ2v) is 7.04. The molecule has 6 nitrogen and oxygen atoms in total. The monoisotopic (exact) mass is 398 g/mol. The molecule has 0 radical (unpaired) electrons. The number of hydrazone groups is 1. The summed E-state index contributed by atoms with van der Waals surface area (Å²) in [5.74, 6) is -0.129. The number of fused-ring (bicyclic) bond motifs is 1. The highest BCUT2D eigenvalue weighted by atomic mass is 16.2. The van der Waals surface area contributed by atoms with Crippen LogP contribution in [0.3, 0.4) is 0 Å². The van der Waals surface area contributed by atoms with Crippen LogP contribution in [0.2, 0.25) is 0 Å². The first-order chi connectivity index (χ1) is 14.7. The Morgan fingerprint density at radius 3 is 2.13 bits per heavy atom. The van der Waals surface area contributed by atoms with Crippen molar-refractivity contribution in [3.05, 3.63) is 106 Å². The Kier molecular flexibility index (Phi) is 5.85. The Morgan fingerprint density at radius 2 is 1.47 bits per heavy atom. The average molecular weight is 398 g/mol. The van der Waals surface area contributed by atoms with Crippen molar-refractivity contribution in [1.82, 2.24) is 15.4 Å². The van der Waals surface area contributed by atoms with E-state index < -0.39 is 0 Å². The summed E-state index contributed by atoms with van der Waals surface area (Å²) in [7, 11) is 0. The summed E-state index contributed by atoms with van der Waals surface area (Å²) in [6.07, 6.45) is 1.79. The maximum atomic E-state index is 12.3. The lowest BCUT2D eigenvalue weighted by Crippen LogP contribution is -2.20. The molecule has 0 atom stereocenters. The fraction of sp³-hybridized carbons (Fsp3) is 0.125. The quantitative estimate of drug-likeness (QED) is 0.327. The van der Waals surface area contributed by atoms with Crippen molar-refractivity contribution < 1.29 is 4.79 Å². The highest BCUT2D eigenvalue weighted by molar-refractivity contribution is 6.13. The Hall–Kier alpha value is -3.93. The van der Waals surface area contributed by atoms with E-state index in [0.29, 0.717) is 12.8 Å².